The van der Waals surface area contributed by atoms with E-state index in [2.05, 4.69) is 6.55 Å². The fourth-order valence-corrected chi connectivity index (χ4v) is 0. The Balaban J connectivity index is 3.14. The third-order valence-electron chi connectivity index (χ3n) is 0.189. The Bertz CT molecular complexity index is 47.6. The zero-order valence-electron chi connectivity index (χ0n) is 2.76. The van der Waals surface area contributed by atoms with Gasteiger partial charge in [0.15, 0.2) is 0 Å². The van der Waals surface area contributed by atoms with Crippen molar-refractivity contribution >= 4 is 23.2 Å². The summed E-state index contributed by atoms with van der Waals surface area (Å²) in [5.41, 5.74) is 0. The average molecular weight is 205 g/mol. The van der Waals surface area contributed by atoms with Crippen LogP contribution in [0, 0.1) is 0 Å². The molecule has 0 bridgehead atoms. The van der Waals surface area contributed by atoms with Crippen molar-refractivity contribution in [3.8, 4) is 0 Å². The zero-order valence-corrected chi connectivity index (χ0v) is 7.73. The summed E-state index contributed by atoms with van der Waals surface area (Å²) in [6, 6.07) is 0. The molecule has 0 aromatic rings. The van der Waals surface area contributed by atoms with E-state index in [-0.39, 0.29) is 0 Å². The van der Waals surface area contributed by atoms with Crippen LogP contribution in [0.3, 0.4) is 0 Å². The quantitative estimate of drug-likeness (QED) is 0.527. The first-order valence-electron chi connectivity index (χ1n) is 1.13. The van der Waals surface area contributed by atoms with Crippen molar-refractivity contribution < 1.29 is 18.0 Å². The molecular formula is CH3Cl2SiZr. The molecule has 0 aliphatic heterocycles. The molecule has 0 N–H and O–H groups in total. The molecule has 0 rings (SSSR count). The average Bonchev–Trinajstić information content (AvgIpc) is 1.38. The zero-order chi connectivity index (χ0) is 4.28. The first kappa shape index (κ1) is 6.68. The minimum absolute atomic E-state index is 0.842. The van der Waals surface area contributed by atoms with Gasteiger partial charge >= 0.3 is 47.7 Å². The number of rotatable bonds is 0. The Morgan fingerprint density at radius 1 is 1.60 bits per heavy atom. The molecule has 0 saturated heterocycles. The van der Waals surface area contributed by atoms with Gasteiger partial charge in [-0.2, -0.15) is 0 Å². The van der Waals surface area contributed by atoms with E-state index in [0.717, 1.165) is 6.16 Å². The van der Waals surface area contributed by atoms with Gasteiger partial charge in [0.05, 0.1) is 0 Å². The van der Waals surface area contributed by atoms with Gasteiger partial charge in [0.25, 0.3) is 0 Å². The molecule has 4 heteroatoms. The van der Waals surface area contributed by atoms with Crippen molar-refractivity contribution in [3.05, 3.63) is 0 Å². The minimum atomic E-state index is -1.61. The predicted octanol–water partition coefficient (Wildman–Crippen LogP) is 1.58. The molecule has 0 saturated carbocycles. The maximum atomic E-state index is 5.44. The van der Waals surface area contributed by atoms with Crippen LogP contribution in [0.25, 0.3) is 0 Å². The Labute approximate surface area is 47.4 Å². The van der Waals surface area contributed by atoms with Gasteiger partial charge in [-0.1, -0.05) is 0 Å². The van der Waals surface area contributed by atoms with Gasteiger partial charge in [-0.15, -0.1) is 0 Å². The van der Waals surface area contributed by atoms with E-state index in [4.69, 9.17) is 17.0 Å². The molecule has 0 atom stereocenters. The van der Waals surface area contributed by atoms with E-state index in [9.17, 15) is 0 Å². The van der Waals surface area contributed by atoms with Gasteiger partial charge in [-0.05, 0) is 0 Å². The van der Waals surface area contributed by atoms with E-state index in [1.807, 2.05) is 0 Å². The number of hydrogen-bond donors (Lipinski definition) is 0. The Hall–Kier alpha value is 1.68. The van der Waals surface area contributed by atoms with Crippen LogP contribution in [0.15, 0.2) is 0 Å². The van der Waals surface area contributed by atoms with E-state index in [1.54, 1.807) is 0 Å². The number of halogens is 2. The van der Waals surface area contributed by atoms with Gasteiger partial charge in [-0.3, -0.25) is 0 Å². The molecule has 0 fully saturated rings. The fourth-order valence-electron chi connectivity index (χ4n) is 0. The number of hydrogen-bond acceptors (Lipinski definition) is 0. The Morgan fingerprint density at radius 2 is 1.80 bits per heavy atom. The topological polar surface area (TPSA) is 0 Å². The third-order valence-corrected chi connectivity index (χ3v) is 10.1. The molecule has 0 aliphatic rings. The maximum absolute atomic E-state index is 5.44. The summed E-state index contributed by atoms with van der Waals surface area (Å²) in [6.07, 6.45) is 0.842. The molecule has 0 aromatic heterocycles. The van der Waals surface area contributed by atoms with Gasteiger partial charge in [0.1, 0.15) is 0 Å². The molecule has 0 amide bonds. The first-order valence-corrected chi connectivity index (χ1v) is 12.6. The molecule has 0 unspecified atom stereocenters. The van der Waals surface area contributed by atoms with Crippen LogP contribution in [0.1, 0.15) is 0 Å². The standard InChI is InChI=1S/CH3Si.2ClH.Zr/c1-2;;;/h1H3;2*1H;/q;;;+2/p-2. The van der Waals surface area contributed by atoms with Crippen molar-refractivity contribution in [2.75, 3.05) is 0 Å². The summed E-state index contributed by atoms with van der Waals surface area (Å²) >= 11 is -1.61. The van der Waals surface area contributed by atoms with E-state index < -0.39 is 18.0 Å². The second kappa shape index (κ2) is 3.86. The molecule has 0 nitrogen and oxygen atoms in total. The Morgan fingerprint density at radius 3 is 1.80 bits per heavy atom. The second-order valence-electron chi connectivity index (χ2n) is 0.510. The molecule has 1 radical (unpaired) electrons. The second-order valence-corrected chi connectivity index (χ2v) is 18.3. The van der Waals surface area contributed by atoms with Crippen molar-refractivity contribution in [2.24, 2.45) is 0 Å². The van der Waals surface area contributed by atoms with Crippen molar-refractivity contribution in [1.82, 2.24) is 0 Å². The Kier molecular flexibility index (Phi) is 5.15. The predicted molar refractivity (Wildman–Crippen MR) is 23.3 cm³/mol. The summed E-state index contributed by atoms with van der Waals surface area (Å²) in [5.74, 6) is 0. The van der Waals surface area contributed by atoms with Crippen molar-refractivity contribution in [3.63, 3.8) is 0 Å². The first-order chi connectivity index (χ1) is 2.27. The third kappa shape index (κ3) is 5.68. The summed E-state index contributed by atoms with van der Waals surface area (Å²) in [7, 11) is 10.9. The summed E-state index contributed by atoms with van der Waals surface area (Å²) in [4.78, 5) is 0. The van der Waals surface area contributed by atoms with Crippen molar-refractivity contribution in [2.45, 2.75) is 6.55 Å². The van der Waals surface area contributed by atoms with Crippen LogP contribution in [0.5, 0.6) is 0 Å². The molecule has 0 spiro atoms. The van der Waals surface area contributed by atoms with Gasteiger partial charge < -0.3 is 0 Å². The molecule has 0 aliphatic carbocycles. The van der Waals surface area contributed by atoms with Crippen LogP contribution in [-0.4, -0.2) is 6.16 Å². The van der Waals surface area contributed by atoms with Crippen LogP contribution in [-0.2, 0) is 18.0 Å². The van der Waals surface area contributed by atoms with Crippen LogP contribution in [0.2, 0.25) is 6.55 Å². The van der Waals surface area contributed by atoms with Gasteiger partial charge in [0.2, 0.25) is 0 Å². The van der Waals surface area contributed by atoms with Crippen LogP contribution < -0.4 is 0 Å². The van der Waals surface area contributed by atoms with Gasteiger partial charge in [-0.25, -0.2) is 0 Å². The fraction of sp³-hybridized carbons (Fsp3) is 1.00. The normalized spacial score (nSPS) is 7.00. The monoisotopic (exact) mass is 203 g/mol. The van der Waals surface area contributed by atoms with Crippen LogP contribution in [0.4, 0.5) is 0 Å². The summed E-state index contributed by atoms with van der Waals surface area (Å²) < 4.78 is 0. The molecule has 5 heavy (non-hydrogen) atoms. The van der Waals surface area contributed by atoms with E-state index >= 15 is 0 Å². The summed E-state index contributed by atoms with van der Waals surface area (Å²) in [5, 5.41) is 0. The van der Waals surface area contributed by atoms with E-state index in [0.29, 0.717) is 0 Å². The summed E-state index contributed by atoms with van der Waals surface area (Å²) in [6.45, 7) is 2.05. The van der Waals surface area contributed by atoms with E-state index in [1.165, 1.54) is 0 Å². The SMILES string of the molecule is C[Si]=[Zr]([Cl])[Cl]. The van der Waals surface area contributed by atoms with Crippen molar-refractivity contribution in [1.29, 1.82) is 0 Å². The molecule has 0 aromatic carbocycles. The molecule has 0 heterocycles. The molecule has 29 valence electrons. The van der Waals surface area contributed by atoms with Gasteiger partial charge in [0, 0.05) is 0 Å². The van der Waals surface area contributed by atoms with Crippen LogP contribution >= 0.6 is 17.0 Å². The molecular weight excluding hydrogens is 202 g/mol.